The van der Waals surface area contributed by atoms with Gasteiger partial charge >= 0.3 is 0 Å². The van der Waals surface area contributed by atoms with Crippen molar-refractivity contribution in [3.05, 3.63) is 88.1 Å². The molecule has 3 rings (SSSR count). The highest BCUT2D eigenvalue weighted by molar-refractivity contribution is 7.10. The van der Waals surface area contributed by atoms with E-state index in [1.165, 1.54) is 0 Å². The van der Waals surface area contributed by atoms with Crippen molar-refractivity contribution in [3.63, 3.8) is 0 Å². The lowest BCUT2D eigenvalue weighted by Gasteiger charge is -2.19. The molecule has 1 unspecified atom stereocenters. The molecule has 0 fully saturated rings. The largest absolute Gasteiger partial charge is 0.383 e. The van der Waals surface area contributed by atoms with Gasteiger partial charge in [0.05, 0.1) is 24.8 Å². The first-order valence-corrected chi connectivity index (χ1v) is 10.5. The molecule has 7 heteroatoms. The Labute approximate surface area is 180 Å². The number of benzene rings is 2. The molecular weight excluding hydrogens is 398 g/mol. The molecule has 0 aliphatic rings. The van der Waals surface area contributed by atoms with Crippen LogP contribution in [0.4, 0.5) is 5.69 Å². The number of hydrogen-bond acceptors (Lipinski definition) is 5. The minimum atomic E-state index is -0.215. The number of rotatable bonds is 10. The van der Waals surface area contributed by atoms with Gasteiger partial charge in [-0.1, -0.05) is 48.5 Å². The number of carbonyl (C=O) groups excluding carboxylic acids is 2. The van der Waals surface area contributed by atoms with Crippen molar-refractivity contribution in [2.24, 2.45) is 0 Å². The molecule has 30 heavy (non-hydrogen) atoms. The van der Waals surface area contributed by atoms with E-state index in [-0.39, 0.29) is 24.4 Å². The Morgan fingerprint density at radius 1 is 1.00 bits per heavy atom. The van der Waals surface area contributed by atoms with Crippen LogP contribution in [0.25, 0.3) is 0 Å². The number of hydrogen-bond donors (Lipinski definition) is 3. The van der Waals surface area contributed by atoms with Gasteiger partial charge in [0.15, 0.2) is 0 Å². The molecule has 3 N–H and O–H groups in total. The molecule has 1 heterocycles. The van der Waals surface area contributed by atoms with Crippen molar-refractivity contribution >= 4 is 28.8 Å². The molecule has 0 saturated carbocycles. The molecule has 0 aliphatic heterocycles. The predicted octanol–water partition coefficient (Wildman–Crippen LogP) is 3.44. The first-order valence-electron chi connectivity index (χ1n) is 9.67. The molecule has 3 aromatic rings. The average Bonchev–Trinajstić information content (AvgIpc) is 3.31. The Morgan fingerprint density at radius 3 is 2.50 bits per heavy atom. The van der Waals surface area contributed by atoms with Crippen molar-refractivity contribution in [2.75, 3.05) is 32.1 Å². The molecule has 0 spiro atoms. The summed E-state index contributed by atoms with van der Waals surface area (Å²) in [5.74, 6) is -0.372. The molecule has 1 atom stereocenters. The summed E-state index contributed by atoms with van der Waals surface area (Å²) in [5.41, 5.74) is 2.11. The summed E-state index contributed by atoms with van der Waals surface area (Å²) in [6, 6.07) is 20.7. The molecule has 2 aromatic carbocycles. The van der Waals surface area contributed by atoms with E-state index in [9.17, 15) is 9.59 Å². The highest BCUT2D eigenvalue weighted by atomic mass is 32.1. The van der Waals surface area contributed by atoms with Crippen LogP contribution in [-0.4, -0.2) is 38.6 Å². The van der Waals surface area contributed by atoms with E-state index in [2.05, 4.69) is 16.0 Å². The molecule has 6 nitrogen and oxygen atoms in total. The second kappa shape index (κ2) is 11.1. The Kier molecular flexibility index (Phi) is 8.00. The number of ether oxygens (including phenoxy) is 1. The number of para-hydroxylation sites is 1. The fourth-order valence-corrected chi connectivity index (χ4v) is 3.81. The highest BCUT2D eigenvalue weighted by Gasteiger charge is 2.18. The molecule has 0 bridgehead atoms. The van der Waals surface area contributed by atoms with E-state index < -0.39 is 0 Å². The third kappa shape index (κ3) is 5.92. The van der Waals surface area contributed by atoms with E-state index in [4.69, 9.17) is 4.74 Å². The second-order valence-electron chi connectivity index (χ2n) is 6.57. The smallest absolute Gasteiger partial charge is 0.253 e. The van der Waals surface area contributed by atoms with Crippen LogP contribution in [0.2, 0.25) is 0 Å². The fraction of sp³-hybridized carbons (Fsp3) is 0.217. The van der Waals surface area contributed by atoms with Crippen LogP contribution in [-0.2, 0) is 9.53 Å². The van der Waals surface area contributed by atoms with Crippen LogP contribution in [0.3, 0.4) is 0 Å². The maximum absolute atomic E-state index is 12.7. The van der Waals surface area contributed by atoms with Gasteiger partial charge in [0.2, 0.25) is 5.91 Å². The summed E-state index contributed by atoms with van der Waals surface area (Å²) in [4.78, 5) is 26.2. The zero-order valence-corrected chi connectivity index (χ0v) is 17.6. The predicted molar refractivity (Wildman–Crippen MR) is 120 cm³/mol. The van der Waals surface area contributed by atoms with Crippen molar-refractivity contribution in [3.8, 4) is 0 Å². The van der Waals surface area contributed by atoms with Gasteiger partial charge in [0.1, 0.15) is 0 Å². The summed E-state index contributed by atoms with van der Waals surface area (Å²) < 4.78 is 4.96. The summed E-state index contributed by atoms with van der Waals surface area (Å²) in [6.45, 7) is 0.911. The first kappa shape index (κ1) is 21.5. The van der Waals surface area contributed by atoms with Crippen molar-refractivity contribution in [1.29, 1.82) is 0 Å². The van der Waals surface area contributed by atoms with Crippen LogP contribution in [0.5, 0.6) is 0 Å². The van der Waals surface area contributed by atoms with Gasteiger partial charge in [-0.15, -0.1) is 11.3 Å². The van der Waals surface area contributed by atoms with Gasteiger partial charge in [-0.2, -0.15) is 0 Å². The number of nitrogens with one attached hydrogen (secondary N) is 3. The Hall–Kier alpha value is -3.16. The fourth-order valence-electron chi connectivity index (χ4n) is 3.00. The molecule has 2 amide bonds. The van der Waals surface area contributed by atoms with Gasteiger partial charge in [-0.05, 0) is 29.1 Å². The van der Waals surface area contributed by atoms with E-state index in [1.54, 1.807) is 36.6 Å². The lowest BCUT2D eigenvalue weighted by atomic mass is 10.1. The topological polar surface area (TPSA) is 79.5 Å². The van der Waals surface area contributed by atoms with E-state index >= 15 is 0 Å². The van der Waals surface area contributed by atoms with Gasteiger partial charge < -0.3 is 20.7 Å². The van der Waals surface area contributed by atoms with Crippen molar-refractivity contribution in [1.82, 2.24) is 10.6 Å². The standard InChI is InChI=1S/C23H25N3O3S/c1-29-14-13-24-23(28)18-10-5-6-11-19(18)25-16-21(27)26-22(20-12-7-15-30-20)17-8-3-2-4-9-17/h2-12,15,22,25H,13-14,16H2,1H3,(H,24,28)(H,26,27). The van der Waals surface area contributed by atoms with Gasteiger partial charge in [0.25, 0.3) is 5.91 Å². The Bertz CT molecular complexity index is 945. The van der Waals surface area contributed by atoms with Gasteiger partial charge in [0, 0.05) is 24.2 Å². The van der Waals surface area contributed by atoms with Gasteiger partial charge in [-0.3, -0.25) is 9.59 Å². The third-order valence-electron chi connectivity index (χ3n) is 4.47. The average molecular weight is 424 g/mol. The van der Waals surface area contributed by atoms with Crippen LogP contribution >= 0.6 is 11.3 Å². The lowest BCUT2D eigenvalue weighted by molar-refractivity contribution is -0.119. The second-order valence-corrected chi connectivity index (χ2v) is 7.55. The maximum atomic E-state index is 12.7. The molecular formula is C23H25N3O3S. The highest BCUT2D eigenvalue weighted by Crippen LogP contribution is 2.25. The van der Waals surface area contributed by atoms with E-state index in [0.29, 0.717) is 24.4 Å². The van der Waals surface area contributed by atoms with Crippen LogP contribution in [0.15, 0.2) is 72.1 Å². The molecule has 1 aromatic heterocycles. The maximum Gasteiger partial charge on any atom is 0.253 e. The number of amides is 2. The zero-order valence-electron chi connectivity index (χ0n) is 16.8. The number of anilines is 1. The minimum absolute atomic E-state index is 0.0527. The van der Waals surface area contributed by atoms with E-state index in [0.717, 1.165) is 10.4 Å². The minimum Gasteiger partial charge on any atom is -0.383 e. The number of methoxy groups -OCH3 is 1. The number of carbonyl (C=O) groups is 2. The summed E-state index contributed by atoms with van der Waals surface area (Å²) in [6.07, 6.45) is 0. The normalized spacial score (nSPS) is 11.5. The van der Waals surface area contributed by atoms with Gasteiger partial charge in [-0.25, -0.2) is 0 Å². The van der Waals surface area contributed by atoms with Crippen LogP contribution < -0.4 is 16.0 Å². The Morgan fingerprint density at radius 2 is 1.77 bits per heavy atom. The monoisotopic (exact) mass is 423 g/mol. The molecule has 0 saturated heterocycles. The lowest BCUT2D eigenvalue weighted by Crippen LogP contribution is -2.34. The molecule has 156 valence electrons. The summed E-state index contributed by atoms with van der Waals surface area (Å²) in [5, 5.41) is 11.0. The number of thiophene rings is 1. The van der Waals surface area contributed by atoms with Crippen LogP contribution in [0, 0.1) is 0 Å². The summed E-state index contributed by atoms with van der Waals surface area (Å²) in [7, 11) is 1.58. The molecule has 0 radical (unpaired) electrons. The first-order chi connectivity index (χ1) is 14.7. The zero-order chi connectivity index (χ0) is 21.2. The Balaban J connectivity index is 1.65. The van der Waals surface area contributed by atoms with Crippen molar-refractivity contribution in [2.45, 2.75) is 6.04 Å². The van der Waals surface area contributed by atoms with E-state index in [1.807, 2.05) is 53.9 Å². The van der Waals surface area contributed by atoms with Crippen molar-refractivity contribution < 1.29 is 14.3 Å². The SMILES string of the molecule is COCCNC(=O)c1ccccc1NCC(=O)NC(c1ccccc1)c1cccs1. The quantitative estimate of drug-likeness (QED) is 0.437. The van der Waals surface area contributed by atoms with Crippen LogP contribution in [0.1, 0.15) is 26.8 Å². The third-order valence-corrected chi connectivity index (χ3v) is 5.41. The molecule has 0 aliphatic carbocycles. The summed E-state index contributed by atoms with van der Waals surface area (Å²) >= 11 is 1.60.